The first-order valence-corrected chi connectivity index (χ1v) is 12.3. The standard InChI is InChI=1S/C23H41N9O5/c1-5-13(4)18(22(36)37)32-20(34)16(9-14-10-27-11-29-14)31-19(33)15(7-6-8-28-23(25)26)30-21(35)17(24)12(2)3/h10-13,15-18H,5-9,24H2,1-4H3,(H,27,29)(H,30,35)(H,31,33)(H,32,34)(H,36,37)(H4,25,26,28). The van der Waals surface area contributed by atoms with Crippen LogP contribution in [-0.2, 0) is 25.6 Å². The number of hydrogen-bond acceptors (Lipinski definition) is 7. The lowest BCUT2D eigenvalue weighted by Crippen LogP contribution is -2.58. The van der Waals surface area contributed by atoms with Crippen LogP contribution < -0.4 is 33.2 Å². The molecule has 1 heterocycles. The molecule has 14 heteroatoms. The highest BCUT2D eigenvalue weighted by atomic mass is 16.4. The lowest BCUT2D eigenvalue weighted by atomic mass is 9.98. The predicted molar refractivity (Wildman–Crippen MR) is 138 cm³/mol. The van der Waals surface area contributed by atoms with Crippen molar-refractivity contribution in [2.45, 2.75) is 77.5 Å². The zero-order valence-electron chi connectivity index (χ0n) is 21.9. The number of nitrogens with zero attached hydrogens (tertiary/aromatic N) is 2. The third-order valence-electron chi connectivity index (χ3n) is 5.99. The molecule has 0 fully saturated rings. The molecule has 0 aliphatic heterocycles. The number of rotatable bonds is 16. The summed E-state index contributed by atoms with van der Waals surface area (Å²) in [6.07, 6.45) is 3.98. The molecule has 14 nitrogen and oxygen atoms in total. The first kappa shape index (κ1) is 31.4. The summed E-state index contributed by atoms with van der Waals surface area (Å²) in [6, 6.07) is -4.16. The van der Waals surface area contributed by atoms with E-state index >= 15 is 0 Å². The quantitative estimate of drug-likeness (QED) is 0.0718. The van der Waals surface area contributed by atoms with Crippen LogP contribution in [0.3, 0.4) is 0 Å². The van der Waals surface area contributed by atoms with Gasteiger partial charge in [-0.15, -0.1) is 0 Å². The van der Waals surface area contributed by atoms with Gasteiger partial charge in [0.25, 0.3) is 0 Å². The molecule has 0 aliphatic carbocycles. The number of H-pyrrole nitrogens is 1. The molecule has 5 unspecified atom stereocenters. The normalized spacial score (nSPS) is 15.1. The molecule has 5 atom stereocenters. The van der Waals surface area contributed by atoms with Crippen LogP contribution >= 0.6 is 0 Å². The molecule has 3 amide bonds. The monoisotopic (exact) mass is 523 g/mol. The number of imidazole rings is 1. The van der Waals surface area contributed by atoms with Crippen molar-refractivity contribution in [3.63, 3.8) is 0 Å². The Morgan fingerprint density at radius 2 is 1.68 bits per heavy atom. The zero-order chi connectivity index (χ0) is 28.1. The number of carboxylic acid groups (broad SMARTS) is 1. The lowest BCUT2D eigenvalue weighted by molar-refractivity contribution is -0.143. The minimum absolute atomic E-state index is 0.0184. The second-order valence-corrected chi connectivity index (χ2v) is 9.33. The molecule has 37 heavy (non-hydrogen) atoms. The van der Waals surface area contributed by atoms with Gasteiger partial charge in [0.05, 0.1) is 12.4 Å². The number of aliphatic imine (C=N–C) groups is 1. The van der Waals surface area contributed by atoms with Crippen LogP contribution in [0.1, 0.15) is 52.7 Å². The highest BCUT2D eigenvalue weighted by Crippen LogP contribution is 2.10. The number of carboxylic acids is 1. The van der Waals surface area contributed by atoms with E-state index in [1.165, 1.54) is 12.5 Å². The Balaban J connectivity index is 3.12. The second kappa shape index (κ2) is 15.4. The number of carbonyl (C=O) groups excluding carboxylic acids is 3. The van der Waals surface area contributed by atoms with Gasteiger partial charge in [0, 0.05) is 24.9 Å². The Bertz CT molecular complexity index is 916. The van der Waals surface area contributed by atoms with Crippen molar-refractivity contribution in [1.82, 2.24) is 25.9 Å². The van der Waals surface area contributed by atoms with Crippen LogP contribution in [0.15, 0.2) is 17.5 Å². The Kier molecular flexibility index (Phi) is 13.1. The molecule has 0 saturated heterocycles. The zero-order valence-corrected chi connectivity index (χ0v) is 21.9. The van der Waals surface area contributed by atoms with Crippen molar-refractivity contribution in [2.75, 3.05) is 6.54 Å². The van der Waals surface area contributed by atoms with E-state index in [0.717, 1.165) is 0 Å². The van der Waals surface area contributed by atoms with E-state index in [-0.39, 0.29) is 37.2 Å². The molecule has 0 saturated carbocycles. The van der Waals surface area contributed by atoms with E-state index < -0.39 is 47.9 Å². The van der Waals surface area contributed by atoms with Gasteiger partial charge in [0.2, 0.25) is 17.7 Å². The van der Waals surface area contributed by atoms with E-state index in [4.69, 9.17) is 17.2 Å². The summed E-state index contributed by atoms with van der Waals surface area (Å²) in [6.45, 7) is 7.30. The van der Waals surface area contributed by atoms with Gasteiger partial charge in [-0.3, -0.25) is 19.4 Å². The van der Waals surface area contributed by atoms with Gasteiger partial charge < -0.3 is 43.2 Å². The number of carbonyl (C=O) groups is 4. The third kappa shape index (κ3) is 10.9. The molecule has 1 rings (SSSR count). The summed E-state index contributed by atoms with van der Waals surface area (Å²) >= 11 is 0. The topological polar surface area (TPSA) is 244 Å². The minimum Gasteiger partial charge on any atom is -0.480 e. The molecule has 0 spiro atoms. The first-order chi connectivity index (χ1) is 17.4. The summed E-state index contributed by atoms with van der Waals surface area (Å²) in [7, 11) is 0. The Labute approximate surface area is 216 Å². The van der Waals surface area contributed by atoms with Crippen molar-refractivity contribution < 1.29 is 24.3 Å². The third-order valence-corrected chi connectivity index (χ3v) is 5.99. The number of hydrogen-bond donors (Lipinski definition) is 8. The molecule has 0 aliphatic rings. The van der Waals surface area contributed by atoms with Crippen LogP contribution in [-0.4, -0.2) is 75.4 Å². The number of aromatic amines is 1. The Morgan fingerprint density at radius 3 is 2.19 bits per heavy atom. The summed E-state index contributed by atoms with van der Waals surface area (Å²) in [5.74, 6) is -3.62. The van der Waals surface area contributed by atoms with Crippen LogP contribution in [0.25, 0.3) is 0 Å². The fourth-order valence-electron chi connectivity index (χ4n) is 3.38. The second-order valence-electron chi connectivity index (χ2n) is 9.33. The van der Waals surface area contributed by atoms with Gasteiger partial charge in [0.15, 0.2) is 5.96 Å². The summed E-state index contributed by atoms with van der Waals surface area (Å²) < 4.78 is 0. The van der Waals surface area contributed by atoms with Crippen molar-refractivity contribution in [1.29, 1.82) is 0 Å². The van der Waals surface area contributed by atoms with Gasteiger partial charge in [-0.1, -0.05) is 34.1 Å². The SMILES string of the molecule is CCC(C)C(NC(=O)C(Cc1cnc[nH]1)NC(=O)C(CCCN=C(N)N)NC(=O)C(N)C(C)C)C(=O)O. The predicted octanol–water partition coefficient (Wildman–Crippen LogP) is -1.43. The van der Waals surface area contributed by atoms with Crippen LogP contribution in [0, 0.1) is 11.8 Å². The van der Waals surface area contributed by atoms with Crippen LogP contribution in [0.2, 0.25) is 0 Å². The van der Waals surface area contributed by atoms with E-state index in [1.807, 2.05) is 6.92 Å². The number of amides is 3. The maximum atomic E-state index is 13.3. The number of nitrogens with two attached hydrogens (primary N) is 3. The van der Waals surface area contributed by atoms with Gasteiger partial charge in [-0.05, 0) is 24.7 Å². The van der Waals surface area contributed by atoms with Gasteiger partial charge in [-0.2, -0.15) is 0 Å². The largest absolute Gasteiger partial charge is 0.480 e. The maximum Gasteiger partial charge on any atom is 0.326 e. The molecular formula is C23H41N9O5. The maximum absolute atomic E-state index is 13.3. The van der Waals surface area contributed by atoms with Crippen molar-refractivity contribution in [3.05, 3.63) is 18.2 Å². The van der Waals surface area contributed by atoms with Gasteiger partial charge in [0.1, 0.15) is 18.1 Å². The van der Waals surface area contributed by atoms with Crippen molar-refractivity contribution in [2.24, 2.45) is 34.0 Å². The highest BCUT2D eigenvalue weighted by molar-refractivity contribution is 5.94. The van der Waals surface area contributed by atoms with Gasteiger partial charge >= 0.3 is 5.97 Å². The smallest absolute Gasteiger partial charge is 0.326 e. The average Bonchev–Trinajstić information content (AvgIpc) is 3.35. The van der Waals surface area contributed by atoms with Gasteiger partial charge in [-0.25, -0.2) is 9.78 Å². The molecular weight excluding hydrogens is 482 g/mol. The van der Waals surface area contributed by atoms with E-state index in [9.17, 15) is 24.3 Å². The van der Waals surface area contributed by atoms with E-state index in [0.29, 0.717) is 18.5 Å². The molecule has 0 bridgehead atoms. The van der Waals surface area contributed by atoms with Crippen LogP contribution in [0.5, 0.6) is 0 Å². The molecule has 1 aromatic heterocycles. The Morgan fingerprint density at radius 1 is 1.05 bits per heavy atom. The molecule has 0 radical (unpaired) electrons. The van der Waals surface area contributed by atoms with Crippen LogP contribution in [0.4, 0.5) is 0 Å². The number of aromatic nitrogens is 2. The summed E-state index contributed by atoms with van der Waals surface area (Å²) in [4.78, 5) is 61.4. The van der Waals surface area contributed by atoms with E-state index in [2.05, 4.69) is 30.9 Å². The molecule has 11 N–H and O–H groups in total. The fourth-order valence-corrected chi connectivity index (χ4v) is 3.38. The average molecular weight is 524 g/mol. The minimum atomic E-state index is -1.18. The summed E-state index contributed by atoms with van der Waals surface area (Å²) in [5, 5.41) is 17.4. The number of guanidine groups is 1. The molecule has 0 aromatic carbocycles. The highest BCUT2D eigenvalue weighted by Gasteiger charge is 2.32. The Hall–Kier alpha value is -3.68. The number of aliphatic carboxylic acids is 1. The first-order valence-electron chi connectivity index (χ1n) is 12.3. The van der Waals surface area contributed by atoms with E-state index in [1.54, 1.807) is 20.8 Å². The lowest BCUT2D eigenvalue weighted by Gasteiger charge is -2.26. The van der Waals surface area contributed by atoms with Crippen molar-refractivity contribution in [3.8, 4) is 0 Å². The molecule has 1 aromatic rings. The molecule has 208 valence electrons. The van der Waals surface area contributed by atoms with Crippen molar-refractivity contribution >= 4 is 29.7 Å². The fraction of sp³-hybridized carbons (Fsp3) is 0.652. The summed E-state index contributed by atoms with van der Waals surface area (Å²) in [5.41, 5.74) is 17.2. The number of nitrogens with one attached hydrogen (secondary N) is 4.